The highest BCUT2D eigenvalue weighted by Crippen LogP contribution is 2.51. The van der Waals surface area contributed by atoms with Gasteiger partial charge < -0.3 is 10.0 Å². The van der Waals surface area contributed by atoms with Gasteiger partial charge >= 0.3 is 0 Å². The third kappa shape index (κ3) is 2.83. The fourth-order valence-corrected chi connectivity index (χ4v) is 6.03. The number of hydrogen-bond acceptors (Lipinski definition) is 4. The van der Waals surface area contributed by atoms with Gasteiger partial charge in [0, 0.05) is 29.1 Å². The van der Waals surface area contributed by atoms with Gasteiger partial charge in [-0.1, -0.05) is 11.6 Å². The number of rotatable bonds is 3. The number of hydrogen-bond donors (Lipinski definition) is 1. The molecule has 2 aromatic rings. The van der Waals surface area contributed by atoms with Crippen molar-refractivity contribution in [3.8, 4) is 0 Å². The van der Waals surface area contributed by atoms with Crippen LogP contribution >= 0.6 is 11.6 Å². The molecule has 1 aromatic heterocycles. The van der Waals surface area contributed by atoms with Gasteiger partial charge in [0.1, 0.15) is 6.10 Å². The number of carbonyl (C=O) groups excluding carboxylic acids is 1. The van der Waals surface area contributed by atoms with E-state index >= 15 is 0 Å². The number of aromatic nitrogens is 2. The predicted octanol–water partition coefficient (Wildman–Crippen LogP) is 3.17. The Morgan fingerprint density at radius 1 is 1.24 bits per heavy atom. The van der Waals surface area contributed by atoms with E-state index in [1.54, 1.807) is 0 Å². The predicted molar refractivity (Wildman–Crippen MR) is 113 cm³/mol. The van der Waals surface area contributed by atoms with Gasteiger partial charge in [0.2, 0.25) is 5.91 Å². The normalized spacial score (nSPS) is 29.1. The van der Waals surface area contributed by atoms with Crippen LogP contribution in [0.3, 0.4) is 0 Å². The van der Waals surface area contributed by atoms with Crippen LogP contribution in [0.25, 0.3) is 10.9 Å². The molecule has 156 valence electrons. The van der Waals surface area contributed by atoms with Crippen molar-refractivity contribution in [2.75, 3.05) is 26.2 Å². The summed E-state index contributed by atoms with van der Waals surface area (Å²) >= 11 is 6.27. The van der Waals surface area contributed by atoms with Crippen molar-refractivity contribution in [3.05, 3.63) is 28.9 Å². The molecule has 2 saturated heterocycles. The van der Waals surface area contributed by atoms with Gasteiger partial charge in [0.05, 0.1) is 23.3 Å². The lowest BCUT2D eigenvalue weighted by molar-refractivity contribution is -0.138. The van der Waals surface area contributed by atoms with Gasteiger partial charge in [-0.3, -0.25) is 14.4 Å². The number of aliphatic hydroxyl groups excluding tert-OH is 1. The highest BCUT2D eigenvalue weighted by molar-refractivity contribution is 6.31. The van der Waals surface area contributed by atoms with Crippen molar-refractivity contribution in [3.63, 3.8) is 0 Å². The molecule has 3 aliphatic rings. The van der Waals surface area contributed by atoms with Gasteiger partial charge in [-0.15, -0.1) is 0 Å². The van der Waals surface area contributed by atoms with Crippen molar-refractivity contribution in [1.29, 1.82) is 0 Å². The average Bonchev–Trinajstić information content (AvgIpc) is 3.45. The number of piperidine rings is 1. The van der Waals surface area contributed by atoms with Gasteiger partial charge in [0.15, 0.2) is 0 Å². The third-order valence-corrected chi connectivity index (χ3v) is 7.86. The highest BCUT2D eigenvalue weighted by atomic mass is 35.5. The summed E-state index contributed by atoms with van der Waals surface area (Å²) in [5.41, 5.74) is 1.35. The monoisotopic (exact) mass is 416 g/mol. The number of halogens is 1. The quantitative estimate of drug-likeness (QED) is 0.834. The molecule has 3 atom stereocenters. The van der Waals surface area contributed by atoms with Crippen molar-refractivity contribution in [2.24, 2.45) is 5.92 Å². The van der Waals surface area contributed by atoms with E-state index in [0.717, 1.165) is 55.5 Å². The van der Waals surface area contributed by atoms with E-state index < -0.39 is 11.6 Å². The van der Waals surface area contributed by atoms with E-state index in [-0.39, 0.29) is 17.9 Å². The topological polar surface area (TPSA) is 61.6 Å². The maximum absolute atomic E-state index is 13.0. The number of amides is 1. The molecule has 0 aliphatic carbocycles. The summed E-state index contributed by atoms with van der Waals surface area (Å²) in [6, 6.07) is 3.75. The van der Waals surface area contributed by atoms with Crippen LogP contribution in [0.1, 0.15) is 51.2 Å². The molecule has 2 fully saturated rings. The Bertz CT molecular complexity index is 946. The van der Waals surface area contributed by atoms with Crippen molar-refractivity contribution in [1.82, 2.24) is 19.6 Å². The molecule has 1 aromatic carbocycles. The van der Waals surface area contributed by atoms with Crippen LogP contribution in [-0.4, -0.2) is 62.8 Å². The van der Waals surface area contributed by atoms with E-state index in [0.29, 0.717) is 5.02 Å². The minimum Gasteiger partial charge on any atom is -0.386 e. The molecule has 5 rings (SSSR count). The number of nitrogens with zero attached hydrogens (tertiary/aromatic N) is 4. The van der Waals surface area contributed by atoms with Crippen LogP contribution in [0.5, 0.6) is 0 Å². The molecule has 0 radical (unpaired) electrons. The van der Waals surface area contributed by atoms with Crippen LogP contribution in [0.2, 0.25) is 5.02 Å². The maximum atomic E-state index is 13.0. The van der Waals surface area contributed by atoms with E-state index in [2.05, 4.69) is 16.9 Å². The first kappa shape index (κ1) is 19.3. The summed E-state index contributed by atoms with van der Waals surface area (Å²) in [5.74, 6) is 0.497. The molecular weight excluding hydrogens is 388 g/mol. The number of benzene rings is 1. The molecule has 29 heavy (non-hydrogen) atoms. The molecule has 0 saturated carbocycles. The molecule has 3 aliphatic heterocycles. The molecule has 4 heterocycles. The fourth-order valence-electron chi connectivity index (χ4n) is 5.80. The Morgan fingerprint density at radius 3 is 2.62 bits per heavy atom. The standard InChI is InChI=1S/C22H29ClN4O2/c1-14(25-7-3-4-8-25)21(29)26-9-5-16(6-10-26)22(2)20(28)18-12-17(23)11-15-13-24-27(22)19(15)18/h11-14,16,20,28H,3-10H2,1-2H3/t14-,20+,22?/m0/s1. The van der Waals surface area contributed by atoms with E-state index in [1.165, 1.54) is 12.8 Å². The fraction of sp³-hybridized carbons (Fsp3) is 0.636. The SMILES string of the molecule is C[C@@H](C(=O)N1CCC(C2(C)[C@H](O)c3cc(Cl)cc4cnn2c34)CC1)N1CCCC1. The first-order valence-corrected chi connectivity index (χ1v) is 11.2. The zero-order valence-electron chi connectivity index (χ0n) is 17.1. The van der Waals surface area contributed by atoms with Gasteiger partial charge in [-0.2, -0.15) is 5.10 Å². The number of carbonyl (C=O) groups is 1. The molecule has 0 spiro atoms. The van der Waals surface area contributed by atoms with E-state index in [4.69, 9.17) is 11.6 Å². The Hall–Kier alpha value is -1.63. The van der Waals surface area contributed by atoms with E-state index in [9.17, 15) is 9.90 Å². The van der Waals surface area contributed by atoms with Crippen LogP contribution in [-0.2, 0) is 10.3 Å². The second-order valence-electron chi connectivity index (χ2n) is 9.14. The zero-order chi connectivity index (χ0) is 20.3. The molecular formula is C22H29ClN4O2. The van der Waals surface area contributed by atoms with Crippen molar-refractivity contribution >= 4 is 28.4 Å². The minimum atomic E-state index is -0.636. The second-order valence-corrected chi connectivity index (χ2v) is 9.57. The molecule has 1 amide bonds. The molecule has 6 nitrogen and oxygen atoms in total. The Morgan fingerprint density at radius 2 is 1.93 bits per heavy atom. The lowest BCUT2D eigenvalue weighted by Crippen LogP contribution is -2.52. The Balaban J connectivity index is 1.34. The number of aliphatic hydroxyl groups is 1. The summed E-state index contributed by atoms with van der Waals surface area (Å²) in [5, 5.41) is 17.5. The smallest absolute Gasteiger partial charge is 0.239 e. The Kier molecular flexibility index (Phi) is 4.64. The summed E-state index contributed by atoms with van der Waals surface area (Å²) in [7, 11) is 0. The van der Waals surface area contributed by atoms with Crippen LogP contribution < -0.4 is 0 Å². The first-order valence-electron chi connectivity index (χ1n) is 10.8. The summed E-state index contributed by atoms with van der Waals surface area (Å²) in [6.45, 7) is 7.69. The van der Waals surface area contributed by atoms with Gasteiger partial charge in [-0.25, -0.2) is 0 Å². The lowest BCUT2D eigenvalue weighted by Gasteiger charge is -2.43. The first-order chi connectivity index (χ1) is 13.9. The summed E-state index contributed by atoms with van der Waals surface area (Å²) in [6.07, 6.45) is 5.33. The van der Waals surface area contributed by atoms with Crippen LogP contribution in [0.4, 0.5) is 0 Å². The van der Waals surface area contributed by atoms with Crippen molar-refractivity contribution < 1.29 is 9.90 Å². The molecule has 0 bridgehead atoms. The number of likely N-dealkylation sites (tertiary alicyclic amines) is 2. The molecule has 1 N–H and O–H groups in total. The molecule has 7 heteroatoms. The van der Waals surface area contributed by atoms with Gasteiger partial charge in [-0.05, 0) is 70.7 Å². The maximum Gasteiger partial charge on any atom is 0.239 e. The largest absolute Gasteiger partial charge is 0.386 e. The van der Waals surface area contributed by atoms with E-state index in [1.807, 2.05) is 34.8 Å². The zero-order valence-corrected chi connectivity index (χ0v) is 17.9. The Labute approximate surface area is 176 Å². The second kappa shape index (κ2) is 6.96. The van der Waals surface area contributed by atoms with Gasteiger partial charge in [0.25, 0.3) is 0 Å². The highest BCUT2D eigenvalue weighted by Gasteiger charge is 2.50. The lowest BCUT2D eigenvalue weighted by atomic mass is 9.75. The third-order valence-electron chi connectivity index (χ3n) is 7.64. The minimum absolute atomic E-state index is 0.0288. The van der Waals surface area contributed by atoms with Crippen LogP contribution in [0.15, 0.2) is 18.3 Å². The summed E-state index contributed by atoms with van der Waals surface area (Å²) in [4.78, 5) is 17.3. The van der Waals surface area contributed by atoms with Crippen molar-refractivity contribution in [2.45, 2.75) is 57.2 Å². The average molecular weight is 417 g/mol. The molecule has 1 unspecified atom stereocenters. The van der Waals surface area contributed by atoms with Crippen LogP contribution in [0, 0.1) is 5.92 Å². The summed E-state index contributed by atoms with van der Waals surface area (Å²) < 4.78 is 2.01.